The highest BCUT2D eigenvalue weighted by atomic mass is 32.1. The highest BCUT2D eigenvalue weighted by molar-refractivity contribution is 7.19. The van der Waals surface area contributed by atoms with Gasteiger partial charge in [0.2, 0.25) is 5.91 Å². The van der Waals surface area contributed by atoms with Gasteiger partial charge in [0.05, 0.1) is 35.1 Å². The second-order valence-corrected chi connectivity index (χ2v) is 9.63. The fourth-order valence-electron chi connectivity index (χ4n) is 4.27. The minimum atomic E-state index is -0.432. The lowest BCUT2D eigenvalue weighted by Crippen LogP contribution is -2.36. The summed E-state index contributed by atoms with van der Waals surface area (Å²) in [6.45, 7) is 2.77. The number of H-pyrrole nitrogens is 1. The Morgan fingerprint density at radius 1 is 1.17 bits per heavy atom. The number of aromatic amines is 1. The van der Waals surface area contributed by atoms with E-state index < -0.39 is 5.91 Å². The van der Waals surface area contributed by atoms with Crippen molar-refractivity contribution in [2.24, 2.45) is 0 Å². The Balaban J connectivity index is 1.43. The number of anilines is 1. The number of amides is 1. The van der Waals surface area contributed by atoms with Crippen LogP contribution >= 0.6 is 11.3 Å². The number of carbonyl (C=O) groups is 2. The summed E-state index contributed by atoms with van der Waals surface area (Å²) in [5.74, 6) is 1.18. The second-order valence-electron chi connectivity index (χ2n) is 8.49. The van der Waals surface area contributed by atoms with Gasteiger partial charge in [0, 0.05) is 48.2 Å². The zero-order chi connectivity index (χ0) is 24.2. The Hall–Kier alpha value is -3.41. The molecule has 1 fully saturated rings. The van der Waals surface area contributed by atoms with E-state index in [-0.39, 0.29) is 12.2 Å². The molecule has 10 nitrogen and oxygen atoms in total. The van der Waals surface area contributed by atoms with Crippen molar-refractivity contribution in [3.8, 4) is 11.4 Å². The number of hydrogen-bond donors (Lipinski definition) is 3. The molecule has 0 bridgehead atoms. The van der Waals surface area contributed by atoms with E-state index >= 15 is 0 Å². The number of ether oxygens (including phenoxy) is 1. The van der Waals surface area contributed by atoms with Gasteiger partial charge in [-0.2, -0.15) is 5.10 Å². The Kier molecular flexibility index (Phi) is 6.98. The molecule has 35 heavy (non-hydrogen) atoms. The zero-order valence-electron chi connectivity index (χ0n) is 19.1. The number of hydrogen-bond acceptors (Lipinski definition) is 9. The van der Waals surface area contributed by atoms with Gasteiger partial charge < -0.3 is 9.64 Å². The molecule has 3 N–H and O–H groups in total. The first kappa shape index (κ1) is 23.3. The lowest BCUT2D eigenvalue weighted by atomic mass is 10.1. The first-order valence-corrected chi connectivity index (χ1v) is 12.4. The highest BCUT2D eigenvalue weighted by Crippen LogP contribution is 2.36. The van der Waals surface area contributed by atoms with Crippen LogP contribution in [-0.2, 0) is 20.7 Å². The smallest absolute Gasteiger partial charge is 0.243 e. The van der Waals surface area contributed by atoms with Gasteiger partial charge in [0.15, 0.2) is 11.6 Å². The van der Waals surface area contributed by atoms with E-state index in [0.717, 1.165) is 50.5 Å². The standard InChI is InChI=1S/C24H26N6O4S/c31-15(4-1-2-7-21(32)29-33)12-16-13-20-22(35-16)24(30-8-10-34-11-9-30)27-23(26-20)17-5-3-6-19-18(17)14-25-28-19/h3,5-6,13-14,33H,1-2,4,7-12H2,(H,25,28)(H,29,32). The molecule has 182 valence electrons. The van der Waals surface area contributed by atoms with Gasteiger partial charge in [0.1, 0.15) is 5.78 Å². The minimum Gasteiger partial charge on any atom is -0.378 e. The van der Waals surface area contributed by atoms with Crippen LogP contribution in [0.5, 0.6) is 0 Å². The fraction of sp³-hybridized carbons (Fsp3) is 0.375. The number of carbonyl (C=O) groups excluding carboxylic acids is 2. The monoisotopic (exact) mass is 494 g/mol. The van der Waals surface area contributed by atoms with Gasteiger partial charge in [-0.3, -0.25) is 19.9 Å². The van der Waals surface area contributed by atoms with Crippen LogP contribution in [-0.4, -0.2) is 63.4 Å². The summed E-state index contributed by atoms with van der Waals surface area (Å²) in [7, 11) is 0. The molecular weight excluding hydrogens is 468 g/mol. The molecule has 1 amide bonds. The summed E-state index contributed by atoms with van der Waals surface area (Å²) in [6.07, 6.45) is 3.87. The first-order valence-electron chi connectivity index (χ1n) is 11.6. The lowest BCUT2D eigenvalue weighted by molar-refractivity contribution is -0.129. The van der Waals surface area contributed by atoms with Gasteiger partial charge in [0.25, 0.3) is 0 Å². The fourth-order valence-corrected chi connectivity index (χ4v) is 5.41. The number of benzene rings is 1. The van der Waals surface area contributed by atoms with E-state index in [1.54, 1.807) is 23.0 Å². The molecule has 0 aliphatic carbocycles. The molecule has 1 aromatic carbocycles. The van der Waals surface area contributed by atoms with Crippen molar-refractivity contribution in [3.05, 3.63) is 35.3 Å². The molecule has 3 aromatic heterocycles. The second kappa shape index (κ2) is 10.5. The lowest BCUT2D eigenvalue weighted by Gasteiger charge is -2.28. The molecule has 0 radical (unpaired) electrons. The Labute approximate surface area is 205 Å². The van der Waals surface area contributed by atoms with E-state index in [9.17, 15) is 9.59 Å². The van der Waals surface area contributed by atoms with Crippen LogP contribution in [0.4, 0.5) is 5.82 Å². The number of ketones is 1. The molecule has 11 heteroatoms. The number of aromatic nitrogens is 4. The molecule has 0 spiro atoms. The molecule has 0 unspecified atom stereocenters. The van der Waals surface area contributed by atoms with Crippen LogP contribution in [0.3, 0.4) is 0 Å². The normalized spacial score (nSPS) is 14.0. The van der Waals surface area contributed by atoms with E-state index in [0.29, 0.717) is 44.7 Å². The predicted octanol–water partition coefficient (Wildman–Crippen LogP) is 3.25. The number of Topliss-reactive ketones (excluding diaryl/α,β-unsaturated/α-hetero) is 1. The van der Waals surface area contributed by atoms with Crippen molar-refractivity contribution in [3.63, 3.8) is 0 Å². The summed E-state index contributed by atoms with van der Waals surface area (Å²) >= 11 is 1.56. The number of rotatable bonds is 9. The third-order valence-electron chi connectivity index (χ3n) is 6.05. The van der Waals surface area contributed by atoms with E-state index in [2.05, 4.69) is 15.1 Å². The summed E-state index contributed by atoms with van der Waals surface area (Å²) in [6, 6.07) is 7.91. The molecular formula is C24H26N6O4S. The van der Waals surface area contributed by atoms with Crippen molar-refractivity contribution in [2.45, 2.75) is 32.1 Å². The number of morpholine rings is 1. The topological polar surface area (TPSA) is 133 Å². The number of fused-ring (bicyclic) bond motifs is 2. The summed E-state index contributed by atoms with van der Waals surface area (Å²) < 4.78 is 6.51. The molecule has 1 aliphatic rings. The van der Waals surface area contributed by atoms with Crippen LogP contribution in [0.2, 0.25) is 0 Å². The summed E-state index contributed by atoms with van der Waals surface area (Å²) in [5, 5.41) is 16.7. The maximum absolute atomic E-state index is 12.6. The number of nitrogens with zero attached hydrogens (tertiary/aromatic N) is 4. The van der Waals surface area contributed by atoms with Crippen LogP contribution in [0.15, 0.2) is 30.5 Å². The average molecular weight is 495 g/mol. The van der Waals surface area contributed by atoms with Crippen molar-refractivity contribution < 1.29 is 19.5 Å². The van der Waals surface area contributed by atoms with Crippen LogP contribution in [0.25, 0.3) is 32.5 Å². The Morgan fingerprint density at radius 3 is 2.83 bits per heavy atom. The van der Waals surface area contributed by atoms with Crippen LogP contribution in [0, 0.1) is 0 Å². The first-order chi connectivity index (χ1) is 17.1. The van der Waals surface area contributed by atoms with Gasteiger partial charge in [-0.05, 0) is 25.0 Å². The third kappa shape index (κ3) is 5.16. The van der Waals surface area contributed by atoms with E-state index in [1.165, 1.54) is 0 Å². The number of nitrogens with one attached hydrogen (secondary N) is 2. The van der Waals surface area contributed by atoms with Crippen molar-refractivity contribution >= 4 is 50.0 Å². The zero-order valence-corrected chi connectivity index (χ0v) is 19.9. The van der Waals surface area contributed by atoms with Gasteiger partial charge in [-0.25, -0.2) is 15.4 Å². The molecule has 1 aliphatic heterocycles. The minimum absolute atomic E-state index is 0.116. The molecule has 4 aromatic rings. The SMILES string of the molecule is O=C(CCCCC(=O)NO)Cc1cc2nc(-c3cccc4[nH]ncc34)nc(N3CCOCC3)c2s1. The third-order valence-corrected chi connectivity index (χ3v) is 7.17. The molecule has 0 atom stereocenters. The van der Waals surface area contributed by atoms with Crippen molar-refractivity contribution in [1.82, 2.24) is 25.6 Å². The largest absolute Gasteiger partial charge is 0.378 e. The predicted molar refractivity (Wildman–Crippen MR) is 133 cm³/mol. The van der Waals surface area contributed by atoms with Gasteiger partial charge in [-0.1, -0.05) is 12.1 Å². The Bertz CT molecular complexity index is 1360. The van der Waals surface area contributed by atoms with Gasteiger partial charge in [-0.15, -0.1) is 11.3 Å². The summed E-state index contributed by atoms with van der Waals surface area (Å²) in [4.78, 5) is 36.7. The molecule has 5 rings (SSSR count). The quantitative estimate of drug-likeness (QED) is 0.183. The van der Waals surface area contributed by atoms with Gasteiger partial charge >= 0.3 is 0 Å². The number of thiophene rings is 1. The van der Waals surface area contributed by atoms with Crippen LogP contribution < -0.4 is 10.4 Å². The van der Waals surface area contributed by atoms with E-state index in [4.69, 9.17) is 19.9 Å². The summed E-state index contributed by atoms with van der Waals surface area (Å²) in [5.41, 5.74) is 4.27. The maximum atomic E-state index is 12.6. The number of hydroxylamine groups is 1. The maximum Gasteiger partial charge on any atom is 0.243 e. The molecule has 4 heterocycles. The Morgan fingerprint density at radius 2 is 2.00 bits per heavy atom. The van der Waals surface area contributed by atoms with Crippen molar-refractivity contribution in [2.75, 3.05) is 31.2 Å². The van der Waals surface area contributed by atoms with Crippen LogP contribution in [0.1, 0.15) is 30.6 Å². The molecule has 1 saturated heterocycles. The number of unbranched alkanes of at least 4 members (excludes halogenated alkanes) is 1. The average Bonchev–Trinajstić information content (AvgIpc) is 3.52. The van der Waals surface area contributed by atoms with Crippen molar-refractivity contribution in [1.29, 1.82) is 0 Å². The van der Waals surface area contributed by atoms with E-state index in [1.807, 2.05) is 24.3 Å². The highest BCUT2D eigenvalue weighted by Gasteiger charge is 2.21. The molecule has 0 saturated carbocycles.